The summed E-state index contributed by atoms with van der Waals surface area (Å²) in [5.74, 6) is 0.151. The topological polar surface area (TPSA) is 97.4 Å². The molecule has 0 saturated heterocycles. The van der Waals surface area contributed by atoms with Crippen molar-refractivity contribution in [3.05, 3.63) is 95.6 Å². The average Bonchev–Trinajstić information content (AvgIpc) is 3.08. The van der Waals surface area contributed by atoms with E-state index in [1.165, 1.54) is 57.6 Å². The summed E-state index contributed by atoms with van der Waals surface area (Å²) in [6.45, 7) is 8.02. The van der Waals surface area contributed by atoms with Crippen molar-refractivity contribution in [2.24, 2.45) is 0 Å². The van der Waals surface area contributed by atoms with Crippen LogP contribution >= 0.6 is 0 Å². The second kappa shape index (κ2) is 20.5. The highest BCUT2D eigenvalue weighted by Gasteiger charge is 2.16. The molecule has 0 atom stereocenters. The first-order chi connectivity index (χ1) is 22.8. The molecule has 3 aromatic rings. The number of carbonyl (C=O) groups is 3. The van der Waals surface area contributed by atoms with E-state index in [1.54, 1.807) is 43.3 Å². The van der Waals surface area contributed by atoms with Crippen molar-refractivity contribution >= 4 is 17.9 Å². The number of unbranched alkanes of at least 4 members (excludes halogenated alkanes) is 8. The van der Waals surface area contributed by atoms with Crippen LogP contribution in [0.4, 0.5) is 0 Å². The van der Waals surface area contributed by atoms with E-state index in [1.807, 2.05) is 24.3 Å². The largest absolute Gasteiger partial charge is 0.493 e. The van der Waals surface area contributed by atoms with Crippen molar-refractivity contribution in [3.63, 3.8) is 0 Å². The second-order valence-electron chi connectivity index (χ2n) is 11.4. The molecule has 0 saturated carbocycles. The Hall–Kier alpha value is -4.59. The third-order valence-electron chi connectivity index (χ3n) is 7.67. The molecule has 252 valence electrons. The Kier molecular flexibility index (Phi) is 16.1. The molecule has 47 heavy (non-hydrogen) atoms. The van der Waals surface area contributed by atoms with E-state index in [0.29, 0.717) is 53.6 Å². The van der Waals surface area contributed by atoms with Gasteiger partial charge in [-0.3, -0.25) is 0 Å². The molecule has 0 aliphatic carbocycles. The highest BCUT2D eigenvalue weighted by atomic mass is 16.5. The number of aryl methyl sites for hydroxylation is 2. The fraction of sp³-hybridized carbons (Fsp3) is 0.410. The van der Waals surface area contributed by atoms with Crippen molar-refractivity contribution in [2.45, 2.75) is 84.5 Å². The Morgan fingerprint density at radius 1 is 0.681 bits per heavy atom. The number of hydrogen-bond donors (Lipinski definition) is 0. The van der Waals surface area contributed by atoms with Crippen LogP contribution < -0.4 is 18.9 Å². The third-order valence-corrected chi connectivity index (χ3v) is 7.67. The first-order valence-electron chi connectivity index (χ1n) is 16.6. The Bertz CT molecular complexity index is 1440. The predicted octanol–water partition coefficient (Wildman–Crippen LogP) is 9.01. The van der Waals surface area contributed by atoms with Gasteiger partial charge in [0, 0.05) is 6.08 Å². The molecule has 8 nitrogen and oxygen atoms in total. The zero-order valence-electron chi connectivity index (χ0n) is 28.0. The number of rotatable bonds is 21. The van der Waals surface area contributed by atoms with Gasteiger partial charge in [-0.1, -0.05) is 70.6 Å². The lowest BCUT2D eigenvalue weighted by Crippen LogP contribution is -2.12. The number of hydrogen-bond acceptors (Lipinski definition) is 8. The van der Waals surface area contributed by atoms with E-state index in [9.17, 15) is 14.4 Å². The molecule has 0 aromatic heterocycles. The fourth-order valence-electron chi connectivity index (χ4n) is 4.93. The summed E-state index contributed by atoms with van der Waals surface area (Å²) in [7, 11) is 1.49. The molecule has 0 unspecified atom stereocenters. The average molecular weight is 645 g/mol. The monoisotopic (exact) mass is 644 g/mol. The van der Waals surface area contributed by atoms with Crippen LogP contribution in [0, 0.1) is 6.92 Å². The van der Waals surface area contributed by atoms with Crippen LogP contribution in [0.1, 0.15) is 103 Å². The van der Waals surface area contributed by atoms with Gasteiger partial charge in [0.25, 0.3) is 0 Å². The smallest absolute Gasteiger partial charge is 0.343 e. The molecule has 0 heterocycles. The van der Waals surface area contributed by atoms with E-state index in [-0.39, 0.29) is 12.2 Å². The van der Waals surface area contributed by atoms with E-state index in [4.69, 9.17) is 23.7 Å². The van der Waals surface area contributed by atoms with Gasteiger partial charge in [-0.2, -0.15) is 0 Å². The molecule has 0 aliphatic rings. The maximum Gasteiger partial charge on any atom is 0.343 e. The van der Waals surface area contributed by atoms with Gasteiger partial charge in [-0.25, -0.2) is 14.4 Å². The van der Waals surface area contributed by atoms with Crippen molar-refractivity contribution < 1.29 is 38.1 Å². The Morgan fingerprint density at radius 3 is 1.96 bits per heavy atom. The van der Waals surface area contributed by atoms with E-state index in [2.05, 4.69) is 13.5 Å². The van der Waals surface area contributed by atoms with Crippen LogP contribution in [0.2, 0.25) is 0 Å². The van der Waals surface area contributed by atoms with Crippen molar-refractivity contribution in [1.82, 2.24) is 0 Å². The minimum Gasteiger partial charge on any atom is -0.493 e. The van der Waals surface area contributed by atoms with Crippen molar-refractivity contribution in [1.29, 1.82) is 0 Å². The van der Waals surface area contributed by atoms with Gasteiger partial charge in [0.2, 0.25) is 0 Å². The molecule has 0 aliphatic heterocycles. The third kappa shape index (κ3) is 13.0. The first kappa shape index (κ1) is 36.9. The zero-order chi connectivity index (χ0) is 33.9. The summed E-state index contributed by atoms with van der Waals surface area (Å²) in [6.07, 6.45) is 13.7. The van der Waals surface area contributed by atoms with E-state index in [0.717, 1.165) is 18.9 Å². The van der Waals surface area contributed by atoms with Crippen LogP contribution in [0.3, 0.4) is 0 Å². The Balaban J connectivity index is 1.46. The van der Waals surface area contributed by atoms with Gasteiger partial charge in [-0.05, 0) is 92.3 Å². The maximum atomic E-state index is 12.9. The minimum atomic E-state index is -0.579. The lowest BCUT2D eigenvalue weighted by molar-refractivity contribution is -0.137. The summed E-state index contributed by atoms with van der Waals surface area (Å²) in [5, 5.41) is 0. The number of ether oxygens (including phenoxy) is 5. The normalized spacial score (nSPS) is 10.6. The zero-order valence-corrected chi connectivity index (χ0v) is 28.0. The number of methoxy groups -OCH3 is 1. The molecule has 0 radical (unpaired) electrons. The molecular formula is C39H48O8. The lowest BCUT2D eigenvalue weighted by atomic mass is 10.0. The van der Waals surface area contributed by atoms with E-state index >= 15 is 0 Å². The molecule has 0 N–H and O–H groups in total. The van der Waals surface area contributed by atoms with Gasteiger partial charge < -0.3 is 23.7 Å². The fourth-order valence-corrected chi connectivity index (χ4v) is 4.93. The lowest BCUT2D eigenvalue weighted by Gasteiger charge is -2.13. The summed E-state index contributed by atoms with van der Waals surface area (Å²) in [4.78, 5) is 36.9. The quantitative estimate of drug-likeness (QED) is 0.0491. The van der Waals surface area contributed by atoms with Gasteiger partial charge >= 0.3 is 17.9 Å². The minimum absolute atomic E-state index is 0.277. The summed E-state index contributed by atoms with van der Waals surface area (Å²) < 4.78 is 27.3. The van der Waals surface area contributed by atoms with Gasteiger partial charge in [0.1, 0.15) is 11.5 Å². The molecule has 0 fully saturated rings. The van der Waals surface area contributed by atoms with Crippen LogP contribution in [0.25, 0.3) is 0 Å². The van der Waals surface area contributed by atoms with Crippen LogP contribution in [-0.2, 0) is 16.0 Å². The van der Waals surface area contributed by atoms with Crippen LogP contribution in [0.5, 0.6) is 23.0 Å². The molecule has 3 rings (SSSR count). The number of benzene rings is 3. The van der Waals surface area contributed by atoms with Gasteiger partial charge in [-0.15, -0.1) is 0 Å². The summed E-state index contributed by atoms with van der Waals surface area (Å²) in [5.41, 5.74) is 2.48. The molecule has 0 bridgehead atoms. The number of carbonyl (C=O) groups excluding carboxylic acids is 3. The molecular weight excluding hydrogens is 596 g/mol. The van der Waals surface area contributed by atoms with Crippen LogP contribution in [-0.4, -0.2) is 38.2 Å². The molecule has 8 heteroatoms. The van der Waals surface area contributed by atoms with Gasteiger partial charge in [0.15, 0.2) is 11.5 Å². The molecule has 0 amide bonds. The number of esters is 3. The maximum absolute atomic E-state index is 12.9. The van der Waals surface area contributed by atoms with E-state index < -0.39 is 17.9 Å². The standard InChI is InChI=1S/C39H48O8/c1-5-7-8-9-10-11-12-13-16-30-17-21-33(22-18-30)46-38(41)31-19-23-34(29(3)27-31)47-39(42)32-20-24-35(36(28-32)43-4)44-25-14-15-26-45-37(40)6-2/h6,17-24,27-28H,2,5,7-16,25-26H2,1,3-4H3. The SMILES string of the molecule is C=CC(=O)OCCCCOc1ccc(C(=O)Oc2ccc(C(=O)Oc3ccc(CCCCCCCCCC)cc3)cc2C)cc1OC. The highest BCUT2D eigenvalue weighted by molar-refractivity contribution is 5.93. The summed E-state index contributed by atoms with van der Waals surface area (Å²) in [6, 6.07) is 17.3. The Labute approximate surface area is 279 Å². The predicted molar refractivity (Wildman–Crippen MR) is 183 cm³/mol. The van der Waals surface area contributed by atoms with Crippen LogP contribution in [0.15, 0.2) is 73.3 Å². The Morgan fingerprint density at radius 2 is 1.30 bits per heavy atom. The molecule has 3 aromatic carbocycles. The summed E-state index contributed by atoms with van der Waals surface area (Å²) >= 11 is 0. The highest BCUT2D eigenvalue weighted by Crippen LogP contribution is 2.29. The van der Waals surface area contributed by atoms with Crippen molar-refractivity contribution in [3.8, 4) is 23.0 Å². The first-order valence-corrected chi connectivity index (χ1v) is 16.6. The van der Waals surface area contributed by atoms with Crippen molar-refractivity contribution in [2.75, 3.05) is 20.3 Å². The van der Waals surface area contributed by atoms with Gasteiger partial charge in [0.05, 0.1) is 31.5 Å². The molecule has 0 spiro atoms. The second-order valence-corrected chi connectivity index (χ2v) is 11.4.